The molecule has 0 spiro atoms. The molecule has 1 aromatic heterocycles. The van der Waals surface area contributed by atoms with Gasteiger partial charge in [0.25, 0.3) is 0 Å². The molecule has 2 unspecified atom stereocenters. The fourth-order valence-corrected chi connectivity index (χ4v) is 3.00. The second kappa shape index (κ2) is 7.07. The highest BCUT2D eigenvalue weighted by atomic mass is 35.5. The number of carbonyl (C=O) groups is 2. The average molecular weight is 400 g/mol. The highest BCUT2D eigenvalue weighted by Gasteiger charge is 2.44. The summed E-state index contributed by atoms with van der Waals surface area (Å²) in [6, 6.07) is 7.65. The maximum atomic E-state index is 12.7. The number of aromatic nitrogens is 1. The van der Waals surface area contributed by atoms with Crippen LogP contribution < -0.4 is 5.11 Å². The van der Waals surface area contributed by atoms with Crippen molar-refractivity contribution in [2.45, 2.75) is 24.7 Å². The first-order chi connectivity index (χ1) is 12.7. The Hall–Kier alpha value is -2.81. The molecule has 2 aromatic rings. The number of pyridine rings is 1. The number of nitrogens with zero attached hydrogens (tertiary/aromatic N) is 2. The van der Waals surface area contributed by atoms with Crippen LogP contribution in [0, 0.1) is 0 Å². The summed E-state index contributed by atoms with van der Waals surface area (Å²) in [5.74, 6) is 0. The van der Waals surface area contributed by atoms with Crippen molar-refractivity contribution < 1.29 is 32.6 Å². The van der Waals surface area contributed by atoms with E-state index in [0.717, 1.165) is 12.1 Å². The fourth-order valence-electron chi connectivity index (χ4n) is 2.83. The molecule has 0 radical (unpaired) electrons. The van der Waals surface area contributed by atoms with Gasteiger partial charge in [-0.3, -0.25) is 4.90 Å². The van der Waals surface area contributed by atoms with Gasteiger partial charge in [-0.1, -0.05) is 29.8 Å². The minimum atomic E-state index is -4.49. The second-order valence-electron chi connectivity index (χ2n) is 5.79. The van der Waals surface area contributed by atoms with Gasteiger partial charge in [0, 0.05) is 0 Å². The van der Waals surface area contributed by atoms with Gasteiger partial charge in [0.15, 0.2) is 6.10 Å². The third-order valence-corrected chi connectivity index (χ3v) is 4.27. The van der Waals surface area contributed by atoms with Gasteiger partial charge >= 0.3 is 12.3 Å². The molecule has 0 bridgehead atoms. The third kappa shape index (κ3) is 3.97. The van der Waals surface area contributed by atoms with Crippen molar-refractivity contribution in [1.29, 1.82) is 0 Å². The lowest BCUT2D eigenvalue weighted by molar-refractivity contribution is -0.262. The first-order valence-corrected chi connectivity index (χ1v) is 8.04. The summed E-state index contributed by atoms with van der Waals surface area (Å²) in [6.45, 7) is 0. The van der Waals surface area contributed by atoms with E-state index < -0.39 is 36.1 Å². The van der Waals surface area contributed by atoms with Crippen LogP contribution in [0.5, 0.6) is 0 Å². The van der Waals surface area contributed by atoms with Gasteiger partial charge in [0.05, 0.1) is 17.3 Å². The number of hydrogen-bond donors (Lipinski definition) is 0. The Morgan fingerprint density at radius 1 is 1.22 bits per heavy atom. The summed E-state index contributed by atoms with van der Waals surface area (Å²) < 4.78 is 43.2. The number of hydrogen-bond acceptors (Lipinski definition) is 5. The number of rotatable bonds is 3. The molecular formula is C17H11ClF3N2O4-. The summed E-state index contributed by atoms with van der Waals surface area (Å²) in [7, 11) is 0. The van der Waals surface area contributed by atoms with E-state index in [0.29, 0.717) is 10.5 Å². The summed E-state index contributed by atoms with van der Waals surface area (Å²) in [4.78, 5) is 27.7. The molecule has 1 aliphatic heterocycles. The highest BCUT2D eigenvalue weighted by molar-refractivity contribution is 6.29. The topological polar surface area (TPSA) is 82.6 Å². The quantitative estimate of drug-likeness (QED) is 0.740. The summed E-state index contributed by atoms with van der Waals surface area (Å²) >= 11 is 5.83. The van der Waals surface area contributed by atoms with Crippen molar-refractivity contribution in [2.24, 2.45) is 0 Å². The standard InChI is InChI=1S/C17H12ClF3N2O4/c18-13-3-1-2-11(22-13)14-12(23(15(24)25)16(26)27-14)8-9-4-6-10(7-5-9)17(19,20)21/h1-7,12,14H,8H2,(H,24,25)/p-1. The normalized spacial score (nSPS) is 19.9. The number of carbonyl (C=O) groups excluding carboxylic acids is 2. The first-order valence-electron chi connectivity index (χ1n) is 7.66. The van der Waals surface area contributed by atoms with Crippen molar-refractivity contribution in [3.8, 4) is 0 Å². The summed E-state index contributed by atoms with van der Waals surface area (Å²) in [5.41, 5.74) is -0.240. The number of amides is 2. The van der Waals surface area contributed by atoms with E-state index in [1.807, 2.05) is 0 Å². The Morgan fingerprint density at radius 2 is 1.89 bits per heavy atom. The number of benzene rings is 1. The molecule has 3 rings (SSSR count). The van der Waals surface area contributed by atoms with E-state index in [9.17, 15) is 27.9 Å². The lowest BCUT2D eigenvalue weighted by Gasteiger charge is -2.24. The molecule has 0 N–H and O–H groups in total. The van der Waals surface area contributed by atoms with E-state index in [-0.39, 0.29) is 17.3 Å². The number of alkyl halides is 3. The van der Waals surface area contributed by atoms with Gasteiger partial charge in [0.1, 0.15) is 11.2 Å². The minimum Gasteiger partial charge on any atom is -0.529 e. The van der Waals surface area contributed by atoms with Crippen LogP contribution in [0.15, 0.2) is 42.5 Å². The zero-order chi connectivity index (χ0) is 19.8. The van der Waals surface area contributed by atoms with Gasteiger partial charge in [-0.25, -0.2) is 9.78 Å². The van der Waals surface area contributed by atoms with Crippen LogP contribution >= 0.6 is 11.6 Å². The molecule has 0 saturated carbocycles. The summed E-state index contributed by atoms with van der Waals surface area (Å²) in [6.07, 6.45) is -8.57. The predicted molar refractivity (Wildman–Crippen MR) is 84.6 cm³/mol. The van der Waals surface area contributed by atoms with Crippen LogP contribution in [0.4, 0.5) is 22.8 Å². The molecule has 2 atom stereocenters. The van der Waals surface area contributed by atoms with Gasteiger partial charge in [-0.2, -0.15) is 13.2 Å². The molecule has 27 heavy (non-hydrogen) atoms. The van der Waals surface area contributed by atoms with Crippen molar-refractivity contribution in [2.75, 3.05) is 0 Å². The maximum Gasteiger partial charge on any atom is 0.416 e. The number of carboxylic acid groups (broad SMARTS) is 1. The van der Waals surface area contributed by atoms with Gasteiger partial charge in [-0.05, 0) is 36.2 Å². The number of ether oxygens (including phenoxy) is 1. The fraction of sp³-hybridized carbons (Fsp3) is 0.235. The van der Waals surface area contributed by atoms with E-state index in [1.54, 1.807) is 6.07 Å². The van der Waals surface area contributed by atoms with Crippen LogP contribution in [-0.2, 0) is 17.3 Å². The zero-order valence-corrected chi connectivity index (χ0v) is 14.2. The molecule has 1 fully saturated rings. The zero-order valence-electron chi connectivity index (χ0n) is 13.4. The number of halogens is 4. The highest BCUT2D eigenvalue weighted by Crippen LogP contribution is 2.35. The van der Waals surface area contributed by atoms with E-state index >= 15 is 0 Å². The molecule has 1 aromatic carbocycles. The molecular weight excluding hydrogens is 389 g/mol. The van der Waals surface area contributed by atoms with Crippen molar-refractivity contribution in [1.82, 2.24) is 9.88 Å². The Balaban J connectivity index is 1.92. The van der Waals surface area contributed by atoms with E-state index in [4.69, 9.17) is 16.3 Å². The van der Waals surface area contributed by atoms with Crippen molar-refractivity contribution >= 4 is 23.8 Å². The third-order valence-electron chi connectivity index (χ3n) is 4.06. The first kappa shape index (κ1) is 19.0. The Morgan fingerprint density at radius 3 is 2.44 bits per heavy atom. The van der Waals surface area contributed by atoms with Crippen molar-refractivity contribution in [3.63, 3.8) is 0 Å². The summed E-state index contributed by atoms with van der Waals surface area (Å²) in [5, 5.41) is 11.5. The van der Waals surface area contributed by atoms with Crippen LogP contribution in [0.3, 0.4) is 0 Å². The van der Waals surface area contributed by atoms with Crippen LogP contribution in [0.2, 0.25) is 5.15 Å². The Bertz CT molecular complexity index is 873. The second-order valence-corrected chi connectivity index (χ2v) is 6.18. The predicted octanol–water partition coefficient (Wildman–Crippen LogP) is 3.20. The largest absolute Gasteiger partial charge is 0.529 e. The molecule has 142 valence electrons. The van der Waals surface area contributed by atoms with Crippen LogP contribution in [0.25, 0.3) is 0 Å². The van der Waals surface area contributed by atoms with E-state index in [1.165, 1.54) is 24.3 Å². The molecule has 2 heterocycles. The van der Waals surface area contributed by atoms with Gasteiger partial charge in [-0.15, -0.1) is 0 Å². The Labute approximate surface area is 156 Å². The van der Waals surface area contributed by atoms with Gasteiger partial charge in [0.2, 0.25) is 0 Å². The average Bonchev–Trinajstić information content (AvgIpc) is 2.91. The molecule has 2 amide bonds. The van der Waals surface area contributed by atoms with Crippen LogP contribution in [-0.4, -0.2) is 28.1 Å². The van der Waals surface area contributed by atoms with Gasteiger partial charge < -0.3 is 14.6 Å². The molecule has 6 nitrogen and oxygen atoms in total. The lowest BCUT2D eigenvalue weighted by Crippen LogP contribution is -2.47. The lowest BCUT2D eigenvalue weighted by atomic mass is 9.98. The van der Waals surface area contributed by atoms with E-state index in [2.05, 4.69) is 4.98 Å². The number of cyclic esters (lactones) is 1. The van der Waals surface area contributed by atoms with Crippen molar-refractivity contribution in [3.05, 3.63) is 64.4 Å². The smallest absolute Gasteiger partial charge is 0.416 e. The maximum absolute atomic E-state index is 12.7. The number of imide groups is 1. The molecule has 1 aliphatic rings. The Kier molecular flexibility index (Phi) is 4.97. The molecule has 1 saturated heterocycles. The monoisotopic (exact) mass is 399 g/mol. The van der Waals surface area contributed by atoms with Crippen LogP contribution in [0.1, 0.15) is 22.9 Å². The minimum absolute atomic E-state index is 0.0866. The molecule has 0 aliphatic carbocycles. The SMILES string of the molecule is O=C([O-])N1C(=O)OC(c2cccc(Cl)n2)C1Cc1ccc(C(F)(F)F)cc1. The molecule has 10 heteroatoms.